The van der Waals surface area contributed by atoms with Gasteiger partial charge in [-0.25, -0.2) is 0 Å². The summed E-state index contributed by atoms with van der Waals surface area (Å²) in [5.41, 5.74) is 4.53. The first kappa shape index (κ1) is 10.5. The zero-order chi connectivity index (χ0) is 11.1. The van der Waals surface area contributed by atoms with Crippen molar-refractivity contribution in [2.24, 2.45) is 0 Å². The monoisotopic (exact) mass is 203 g/mol. The van der Waals surface area contributed by atoms with E-state index in [9.17, 15) is 0 Å². The number of hydrogen-bond acceptors (Lipinski definition) is 1. The van der Waals surface area contributed by atoms with Crippen molar-refractivity contribution in [3.63, 3.8) is 0 Å². The quantitative estimate of drug-likeness (QED) is 0.728. The Hall–Kier alpha value is -0.980. The van der Waals surface area contributed by atoms with Crippen molar-refractivity contribution in [2.45, 2.75) is 52.0 Å². The van der Waals surface area contributed by atoms with Crippen LogP contribution in [0.15, 0.2) is 18.2 Å². The molecule has 1 aliphatic heterocycles. The standard InChI is InChI=1S/C14H21N/c1-10(2)11-5-6-13-12(9-11)7-8-14(3,4)15-13/h5-6,9-10,15H,7-8H2,1-4H3. The maximum atomic E-state index is 3.60. The number of hydrogen-bond donors (Lipinski definition) is 1. The first-order valence-electron chi connectivity index (χ1n) is 5.89. The zero-order valence-electron chi connectivity index (χ0n) is 10.2. The smallest absolute Gasteiger partial charge is 0.0377 e. The Morgan fingerprint density at radius 2 is 2.00 bits per heavy atom. The molecule has 1 heteroatoms. The van der Waals surface area contributed by atoms with E-state index in [0.29, 0.717) is 5.92 Å². The molecule has 15 heavy (non-hydrogen) atoms. The Bertz CT molecular complexity index is 364. The molecule has 1 nitrogen and oxygen atoms in total. The van der Waals surface area contributed by atoms with Gasteiger partial charge in [-0.1, -0.05) is 26.0 Å². The van der Waals surface area contributed by atoms with Gasteiger partial charge in [-0.2, -0.15) is 0 Å². The molecule has 1 N–H and O–H groups in total. The second-order valence-corrected chi connectivity index (χ2v) is 5.58. The van der Waals surface area contributed by atoms with Crippen LogP contribution in [0.2, 0.25) is 0 Å². The molecule has 0 aromatic heterocycles. The molecule has 0 aliphatic carbocycles. The summed E-state index contributed by atoms with van der Waals surface area (Å²) in [6.45, 7) is 9.04. The van der Waals surface area contributed by atoms with Crippen molar-refractivity contribution in [3.05, 3.63) is 29.3 Å². The summed E-state index contributed by atoms with van der Waals surface area (Å²) >= 11 is 0. The number of fused-ring (bicyclic) bond motifs is 1. The molecule has 0 saturated heterocycles. The van der Waals surface area contributed by atoms with Gasteiger partial charge < -0.3 is 5.32 Å². The summed E-state index contributed by atoms with van der Waals surface area (Å²) in [4.78, 5) is 0. The van der Waals surface area contributed by atoms with Gasteiger partial charge in [0.25, 0.3) is 0 Å². The molecule has 0 unspecified atom stereocenters. The van der Waals surface area contributed by atoms with E-state index < -0.39 is 0 Å². The topological polar surface area (TPSA) is 12.0 Å². The molecule has 0 bridgehead atoms. The lowest BCUT2D eigenvalue weighted by Crippen LogP contribution is -2.35. The third-order valence-corrected chi connectivity index (χ3v) is 3.29. The molecular weight excluding hydrogens is 182 g/mol. The van der Waals surface area contributed by atoms with E-state index in [1.807, 2.05) is 0 Å². The fourth-order valence-electron chi connectivity index (χ4n) is 2.18. The van der Waals surface area contributed by atoms with Gasteiger partial charge in [0, 0.05) is 11.2 Å². The predicted molar refractivity (Wildman–Crippen MR) is 66.6 cm³/mol. The van der Waals surface area contributed by atoms with Gasteiger partial charge in [0.1, 0.15) is 0 Å². The Kier molecular flexibility index (Phi) is 2.49. The lowest BCUT2D eigenvalue weighted by atomic mass is 9.87. The Balaban J connectivity index is 2.32. The summed E-state index contributed by atoms with van der Waals surface area (Å²) in [6, 6.07) is 6.85. The largest absolute Gasteiger partial charge is 0.380 e. The van der Waals surface area contributed by atoms with Crippen molar-refractivity contribution >= 4 is 5.69 Å². The van der Waals surface area contributed by atoms with Gasteiger partial charge in [-0.15, -0.1) is 0 Å². The third-order valence-electron chi connectivity index (χ3n) is 3.29. The average molecular weight is 203 g/mol. The minimum Gasteiger partial charge on any atom is -0.380 e. The summed E-state index contributed by atoms with van der Waals surface area (Å²) in [5.74, 6) is 0.630. The molecule has 1 heterocycles. The van der Waals surface area contributed by atoms with E-state index in [1.54, 1.807) is 0 Å². The van der Waals surface area contributed by atoms with E-state index in [1.165, 1.54) is 29.7 Å². The van der Waals surface area contributed by atoms with Gasteiger partial charge >= 0.3 is 0 Å². The molecule has 0 saturated carbocycles. The number of benzene rings is 1. The molecule has 1 aliphatic rings. The van der Waals surface area contributed by atoms with Gasteiger partial charge in [0.15, 0.2) is 0 Å². The molecule has 2 rings (SSSR count). The van der Waals surface area contributed by atoms with Crippen molar-refractivity contribution in [3.8, 4) is 0 Å². The van der Waals surface area contributed by atoms with Crippen molar-refractivity contribution in [1.82, 2.24) is 0 Å². The highest BCUT2D eigenvalue weighted by Gasteiger charge is 2.23. The second-order valence-electron chi connectivity index (χ2n) is 5.58. The second kappa shape index (κ2) is 3.55. The molecule has 1 aromatic carbocycles. The normalized spacial score (nSPS) is 18.5. The Morgan fingerprint density at radius 1 is 1.27 bits per heavy atom. The Labute approximate surface area is 92.9 Å². The van der Waals surface area contributed by atoms with Crippen LogP contribution < -0.4 is 5.32 Å². The van der Waals surface area contributed by atoms with E-state index in [-0.39, 0.29) is 5.54 Å². The Morgan fingerprint density at radius 3 is 2.67 bits per heavy atom. The van der Waals surface area contributed by atoms with Crippen LogP contribution in [0.25, 0.3) is 0 Å². The molecule has 0 amide bonds. The van der Waals surface area contributed by atoms with Crippen molar-refractivity contribution < 1.29 is 0 Å². The molecule has 0 atom stereocenters. The summed E-state index contributed by atoms with van der Waals surface area (Å²) in [5, 5.41) is 3.60. The molecule has 82 valence electrons. The van der Waals surface area contributed by atoms with Crippen LogP contribution in [-0.4, -0.2) is 5.54 Å². The minimum atomic E-state index is 0.256. The summed E-state index contributed by atoms with van der Waals surface area (Å²) in [6.07, 6.45) is 2.43. The van der Waals surface area contributed by atoms with Crippen LogP contribution in [0.5, 0.6) is 0 Å². The molecular formula is C14H21N. The van der Waals surface area contributed by atoms with E-state index in [2.05, 4.69) is 51.2 Å². The van der Waals surface area contributed by atoms with E-state index in [4.69, 9.17) is 0 Å². The van der Waals surface area contributed by atoms with E-state index in [0.717, 1.165) is 0 Å². The number of anilines is 1. The average Bonchev–Trinajstić information content (AvgIpc) is 2.15. The molecule has 0 spiro atoms. The van der Waals surface area contributed by atoms with Crippen LogP contribution >= 0.6 is 0 Å². The number of aryl methyl sites for hydroxylation is 1. The lowest BCUT2D eigenvalue weighted by molar-refractivity contribution is 0.502. The zero-order valence-corrected chi connectivity index (χ0v) is 10.2. The molecule has 0 radical (unpaired) electrons. The fourth-order valence-corrected chi connectivity index (χ4v) is 2.18. The molecule has 1 aromatic rings. The van der Waals surface area contributed by atoms with E-state index >= 15 is 0 Å². The first-order chi connectivity index (χ1) is 6.98. The van der Waals surface area contributed by atoms with Crippen LogP contribution in [0.3, 0.4) is 0 Å². The lowest BCUT2D eigenvalue weighted by Gasteiger charge is -2.34. The van der Waals surface area contributed by atoms with Gasteiger partial charge in [-0.05, 0) is 49.8 Å². The SMILES string of the molecule is CC(C)c1ccc2c(c1)CCC(C)(C)N2. The van der Waals surface area contributed by atoms with Crippen molar-refractivity contribution in [1.29, 1.82) is 0 Å². The van der Waals surface area contributed by atoms with Crippen LogP contribution in [0.4, 0.5) is 5.69 Å². The van der Waals surface area contributed by atoms with Crippen LogP contribution in [0.1, 0.15) is 51.2 Å². The number of nitrogens with one attached hydrogen (secondary N) is 1. The summed E-state index contributed by atoms with van der Waals surface area (Å²) < 4.78 is 0. The highest BCUT2D eigenvalue weighted by Crippen LogP contribution is 2.32. The predicted octanol–water partition coefficient (Wildman–Crippen LogP) is 3.95. The maximum Gasteiger partial charge on any atom is 0.0377 e. The highest BCUT2D eigenvalue weighted by atomic mass is 15.0. The molecule has 0 fully saturated rings. The first-order valence-corrected chi connectivity index (χ1v) is 5.89. The maximum absolute atomic E-state index is 3.60. The number of rotatable bonds is 1. The highest BCUT2D eigenvalue weighted by molar-refractivity contribution is 5.56. The fraction of sp³-hybridized carbons (Fsp3) is 0.571. The van der Waals surface area contributed by atoms with Crippen molar-refractivity contribution in [2.75, 3.05) is 5.32 Å². The van der Waals surface area contributed by atoms with Gasteiger partial charge in [0.05, 0.1) is 0 Å². The minimum absolute atomic E-state index is 0.256. The van der Waals surface area contributed by atoms with Gasteiger partial charge in [0.2, 0.25) is 0 Å². The third kappa shape index (κ3) is 2.17. The van der Waals surface area contributed by atoms with Crippen LogP contribution in [-0.2, 0) is 6.42 Å². The summed E-state index contributed by atoms with van der Waals surface area (Å²) in [7, 11) is 0. The van der Waals surface area contributed by atoms with Crippen LogP contribution in [0, 0.1) is 0 Å². The van der Waals surface area contributed by atoms with Gasteiger partial charge in [-0.3, -0.25) is 0 Å².